The Labute approximate surface area is 169 Å². The molecule has 2 aromatic rings. The van der Waals surface area contributed by atoms with E-state index in [4.69, 9.17) is 0 Å². The molecule has 3 amide bonds. The van der Waals surface area contributed by atoms with Gasteiger partial charge in [0.25, 0.3) is 5.91 Å². The van der Waals surface area contributed by atoms with Gasteiger partial charge in [0.1, 0.15) is 5.69 Å². The monoisotopic (exact) mass is 392 g/mol. The van der Waals surface area contributed by atoms with Crippen LogP contribution >= 0.6 is 0 Å². The predicted octanol–water partition coefficient (Wildman–Crippen LogP) is 1.41. The number of carbonyl (C=O) groups is 3. The number of likely N-dealkylation sites (tertiary alicyclic amines) is 1. The highest BCUT2D eigenvalue weighted by atomic mass is 16.2. The van der Waals surface area contributed by atoms with Gasteiger partial charge in [-0.15, -0.1) is 0 Å². The molecule has 1 unspecified atom stereocenters. The SMILES string of the molecule is O=C1CC(C(=O)N2CCN(C(=O)c3ccccn3)CC2)CN1Cc1ccccc1. The fourth-order valence-electron chi connectivity index (χ4n) is 3.93. The van der Waals surface area contributed by atoms with Crippen molar-refractivity contribution in [2.45, 2.75) is 13.0 Å². The third-order valence-electron chi connectivity index (χ3n) is 5.54. The first kappa shape index (κ1) is 19.1. The summed E-state index contributed by atoms with van der Waals surface area (Å²) in [6.45, 7) is 2.93. The second kappa shape index (κ2) is 8.43. The lowest BCUT2D eigenvalue weighted by Crippen LogP contribution is -2.52. The van der Waals surface area contributed by atoms with Crippen LogP contribution in [0.3, 0.4) is 0 Å². The molecule has 0 bridgehead atoms. The van der Waals surface area contributed by atoms with Crippen LogP contribution in [0.1, 0.15) is 22.5 Å². The lowest BCUT2D eigenvalue weighted by molar-refractivity contribution is -0.137. The fourth-order valence-corrected chi connectivity index (χ4v) is 3.93. The van der Waals surface area contributed by atoms with Crippen LogP contribution in [0.2, 0.25) is 0 Å². The van der Waals surface area contributed by atoms with E-state index in [1.54, 1.807) is 39.1 Å². The first-order chi connectivity index (χ1) is 14.1. The van der Waals surface area contributed by atoms with Gasteiger partial charge in [-0.3, -0.25) is 19.4 Å². The number of hydrogen-bond acceptors (Lipinski definition) is 4. The van der Waals surface area contributed by atoms with E-state index in [9.17, 15) is 14.4 Å². The molecule has 0 radical (unpaired) electrons. The van der Waals surface area contributed by atoms with Gasteiger partial charge in [-0.05, 0) is 17.7 Å². The van der Waals surface area contributed by atoms with Crippen LogP contribution in [0.15, 0.2) is 54.7 Å². The molecule has 4 rings (SSSR count). The number of rotatable bonds is 4. The maximum absolute atomic E-state index is 12.9. The number of carbonyl (C=O) groups excluding carboxylic acids is 3. The van der Waals surface area contributed by atoms with Gasteiger partial charge in [0.2, 0.25) is 11.8 Å². The molecule has 7 nitrogen and oxygen atoms in total. The van der Waals surface area contributed by atoms with Gasteiger partial charge in [-0.25, -0.2) is 0 Å². The van der Waals surface area contributed by atoms with E-state index in [-0.39, 0.29) is 30.1 Å². The Balaban J connectivity index is 1.31. The van der Waals surface area contributed by atoms with Crippen molar-refractivity contribution >= 4 is 17.7 Å². The van der Waals surface area contributed by atoms with Crippen LogP contribution in [0.5, 0.6) is 0 Å². The summed E-state index contributed by atoms with van der Waals surface area (Å²) in [6, 6.07) is 15.1. The van der Waals surface area contributed by atoms with Gasteiger partial charge in [0.05, 0.1) is 5.92 Å². The molecular weight excluding hydrogens is 368 g/mol. The van der Waals surface area contributed by atoms with E-state index in [0.29, 0.717) is 45.0 Å². The second-order valence-electron chi connectivity index (χ2n) is 7.49. The summed E-state index contributed by atoms with van der Waals surface area (Å²) in [5, 5.41) is 0. The maximum Gasteiger partial charge on any atom is 0.272 e. The topological polar surface area (TPSA) is 73.8 Å². The minimum Gasteiger partial charge on any atom is -0.339 e. The average molecular weight is 392 g/mol. The van der Waals surface area contributed by atoms with Crippen molar-refractivity contribution < 1.29 is 14.4 Å². The number of benzene rings is 1. The molecule has 3 heterocycles. The number of amides is 3. The Hall–Kier alpha value is -3.22. The highest BCUT2D eigenvalue weighted by molar-refractivity contribution is 5.93. The van der Waals surface area contributed by atoms with E-state index in [1.165, 1.54) is 0 Å². The number of nitrogens with zero attached hydrogens (tertiary/aromatic N) is 4. The van der Waals surface area contributed by atoms with Crippen molar-refractivity contribution in [1.82, 2.24) is 19.7 Å². The lowest BCUT2D eigenvalue weighted by Gasteiger charge is -2.35. The molecule has 29 heavy (non-hydrogen) atoms. The molecule has 1 aromatic carbocycles. The Morgan fingerprint density at radius 3 is 2.31 bits per heavy atom. The molecule has 0 aliphatic carbocycles. The van der Waals surface area contributed by atoms with Crippen molar-refractivity contribution in [1.29, 1.82) is 0 Å². The Bertz CT molecular complexity index is 879. The quantitative estimate of drug-likeness (QED) is 0.789. The maximum atomic E-state index is 12.9. The zero-order chi connectivity index (χ0) is 20.2. The first-order valence-electron chi connectivity index (χ1n) is 9.92. The van der Waals surface area contributed by atoms with Crippen LogP contribution in [0, 0.1) is 5.92 Å². The van der Waals surface area contributed by atoms with Crippen LogP contribution < -0.4 is 0 Å². The number of piperazine rings is 1. The van der Waals surface area contributed by atoms with E-state index < -0.39 is 0 Å². The van der Waals surface area contributed by atoms with Crippen molar-refractivity contribution in [3.63, 3.8) is 0 Å². The van der Waals surface area contributed by atoms with Crippen molar-refractivity contribution in [2.24, 2.45) is 5.92 Å². The molecule has 150 valence electrons. The van der Waals surface area contributed by atoms with Gasteiger partial charge < -0.3 is 14.7 Å². The van der Waals surface area contributed by atoms with E-state index in [0.717, 1.165) is 5.56 Å². The first-order valence-corrected chi connectivity index (χ1v) is 9.92. The molecular formula is C22H24N4O3. The van der Waals surface area contributed by atoms with Crippen LogP contribution in [0.25, 0.3) is 0 Å². The third-order valence-corrected chi connectivity index (χ3v) is 5.54. The summed E-state index contributed by atoms with van der Waals surface area (Å²) in [4.78, 5) is 47.2. The summed E-state index contributed by atoms with van der Waals surface area (Å²) in [5.74, 6) is -0.373. The molecule has 2 fully saturated rings. The third kappa shape index (κ3) is 4.29. The van der Waals surface area contributed by atoms with Gasteiger partial charge in [0, 0.05) is 51.9 Å². The van der Waals surface area contributed by atoms with Gasteiger partial charge in [0.15, 0.2) is 0 Å². The molecule has 0 N–H and O–H groups in total. The standard InChI is InChI=1S/C22H24N4O3/c27-20-14-18(16-26(20)15-17-6-2-1-3-7-17)21(28)24-10-12-25(13-11-24)22(29)19-8-4-5-9-23-19/h1-9,18H,10-16H2. The van der Waals surface area contributed by atoms with Crippen molar-refractivity contribution in [2.75, 3.05) is 32.7 Å². The molecule has 2 saturated heterocycles. The molecule has 7 heteroatoms. The van der Waals surface area contributed by atoms with E-state index in [2.05, 4.69) is 4.98 Å². The Kier molecular flexibility index (Phi) is 5.55. The zero-order valence-corrected chi connectivity index (χ0v) is 16.2. The lowest BCUT2D eigenvalue weighted by atomic mass is 10.1. The Morgan fingerprint density at radius 1 is 0.931 bits per heavy atom. The average Bonchev–Trinajstić information content (AvgIpc) is 3.14. The van der Waals surface area contributed by atoms with Gasteiger partial charge in [-0.1, -0.05) is 36.4 Å². The Morgan fingerprint density at radius 2 is 1.62 bits per heavy atom. The summed E-state index contributed by atoms with van der Waals surface area (Å²) >= 11 is 0. The number of hydrogen-bond donors (Lipinski definition) is 0. The van der Waals surface area contributed by atoms with Gasteiger partial charge >= 0.3 is 0 Å². The van der Waals surface area contributed by atoms with Gasteiger partial charge in [-0.2, -0.15) is 0 Å². The van der Waals surface area contributed by atoms with Crippen LogP contribution in [0.4, 0.5) is 0 Å². The fraction of sp³-hybridized carbons (Fsp3) is 0.364. The van der Waals surface area contributed by atoms with Crippen LogP contribution in [-0.4, -0.2) is 70.1 Å². The zero-order valence-electron chi connectivity index (χ0n) is 16.2. The second-order valence-corrected chi connectivity index (χ2v) is 7.49. The summed E-state index contributed by atoms with van der Waals surface area (Å²) < 4.78 is 0. The molecule has 2 aliphatic rings. The normalized spacial score (nSPS) is 19.5. The smallest absolute Gasteiger partial charge is 0.272 e. The number of aromatic nitrogens is 1. The highest BCUT2D eigenvalue weighted by Crippen LogP contribution is 2.23. The van der Waals surface area contributed by atoms with E-state index >= 15 is 0 Å². The minimum atomic E-state index is -0.302. The minimum absolute atomic E-state index is 0.0128. The predicted molar refractivity (Wildman–Crippen MR) is 107 cm³/mol. The molecule has 0 spiro atoms. The molecule has 1 atom stereocenters. The number of pyridine rings is 1. The molecule has 1 aromatic heterocycles. The summed E-state index contributed by atoms with van der Waals surface area (Å²) in [7, 11) is 0. The van der Waals surface area contributed by atoms with Crippen LogP contribution in [-0.2, 0) is 16.1 Å². The summed E-state index contributed by atoms with van der Waals surface area (Å²) in [6.07, 6.45) is 1.87. The largest absolute Gasteiger partial charge is 0.339 e. The van der Waals surface area contributed by atoms with E-state index in [1.807, 2.05) is 30.3 Å². The molecule has 0 saturated carbocycles. The van der Waals surface area contributed by atoms with Crippen molar-refractivity contribution in [3.8, 4) is 0 Å². The summed E-state index contributed by atoms with van der Waals surface area (Å²) in [5.41, 5.74) is 1.49. The molecule has 2 aliphatic heterocycles. The highest BCUT2D eigenvalue weighted by Gasteiger charge is 2.37. The van der Waals surface area contributed by atoms with Crippen molar-refractivity contribution in [3.05, 3.63) is 66.0 Å².